The second-order valence-corrected chi connectivity index (χ2v) is 9.59. The maximum atomic E-state index is 12.4. The average Bonchev–Trinajstić information content (AvgIpc) is 2.98. The lowest BCUT2D eigenvalue weighted by Gasteiger charge is -2.05. The molecule has 0 radical (unpaired) electrons. The van der Waals surface area contributed by atoms with E-state index in [0.29, 0.717) is 10.6 Å². The van der Waals surface area contributed by atoms with Crippen LogP contribution in [-0.2, 0) is 21.7 Å². The molecule has 0 aliphatic heterocycles. The smallest absolute Gasteiger partial charge is 0.248 e. The Morgan fingerprint density at radius 3 is 2.54 bits per heavy atom. The monoisotopic (exact) mass is 418 g/mol. The molecule has 0 fully saturated rings. The van der Waals surface area contributed by atoms with Crippen LogP contribution >= 0.6 is 11.3 Å². The Labute approximate surface area is 168 Å². The van der Waals surface area contributed by atoms with Crippen molar-refractivity contribution in [3.8, 4) is 5.75 Å². The number of rotatable bonds is 6. The van der Waals surface area contributed by atoms with Gasteiger partial charge in [0.05, 0.1) is 28.0 Å². The van der Waals surface area contributed by atoms with Gasteiger partial charge in [0, 0.05) is 13.5 Å². The zero-order valence-electron chi connectivity index (χ0n) is 16.0. The van der Waals surface area contributed by atoms with E-state index in [9.17, 15) is 13.2 Å². The number of aryl methyl sites for hydroxylation is 2. The summed E-state index contributed by atoms with van der Waals surface area (Å²) in [5, 5.41) is 0. The van der Waals surface area contributed by atoms with Gasteiger partial charge in [0.2, 0.25) is 5.91 Å². The molecule has 0 bridgehead atoms. The predicted octanol–water partition coefficient (Wildman–Crippen LogP) is 3.24. The van der Waals surface area contributed by atoms with Gasteiger partial charge in [0.15, 0.2) is 14.6 Å². The van der Waals surface area contributed by atoms with Crippen molar-refractivity contribution in [2.24, 2.45) is 12.0 Å². The van der Waals surface area contributed by atoms with Gasteiger partial charge in [0.25, 0.3) is 0 Å². The summed E-state index contributed by atoms with van der Waals surface area (Å²) in [6.45, 7) is 2.02. The molecule has 1 heterocycles. The quantitative estimate of drug-likeness (QED) is 0.616. The summed E-state index contributed by atoms with van der Waals surface area (Å²) in [4.78, 5) is 17.3. The number of aromatic nitrogens is 1. The Morgan fingerprint density at radius 2 is 1.89 bits per heavy atom. The van der Waals surface area contributed by atoms with Crippen LogP contribution < -0.4 is 9.54 Å². The van der Waals surface area contributed by atoms with Crippen LogP contribution in [0.3, 0.4) is 0 Å². The van der Waals surface area contributed by atoms with Gasteiger partial charge in [-0.2, -0.15) is 4.99 Å². The van der Waals surface area contributed by atoms with Gasteiger partial charge in [-0.1, -0.05) is 23.5 Å². The Kier molecular flexibility index (Phi) is 6.00. The van der Waals surface area contributed by atoms with Gasteiger partial charge in [-0.3, -0.25) is 4.79 Å². The molecule has 0 spiro atoms. The normalized spacial score (nSPS) is 12.5. The van der Waals surface area contributed by atoms with Gasteiger partial charge in [0.1, 0.15) is 5.75 Å². The highest BCUT2D eigenvalue weighted by Crippen LogP contribution is 2.20. The van der Waals surface area contributed by atoms with Crippen molar-refractivity contribution in [2.75, 3.05) is 12.9 Å². The number of methoxy groups -OCH3 is 1. The van der Waals surface area contributed by atoms with Crippen LogP contribution in [0.25, 0.3) is 10.2 Å². The fourth-order valence-electron chi connectivity index (χ4n) is 2.98. The summed E-state index contributed by atoms with van der Waals surface area (Å²) in [7, 11) is -0.0348. The maximum absolute atomic E-state index is 12.4. The third-order valence-electron chi connectivity index (χ3n) is 4.47. The molecule has 148 valence electrons. The number of nitrogens with zero attached hydrogens (tertiary/aromatic N) is 2. The minimum atomic E-state index is -3.44. The summed E-state index contributed by atoms with van der Waals surface area (Å²) in [5.41, 5.74) is 2.18. The molecule has 6 nitrogen and oxygen atoms in total. The number of hydrogen-bond donors (Lipinski definition) is 0. The zero-order valence-corrected chi connectivity index (χ0v) is 17.6. The van der Waals surface area contributed by atoms with Crippen LogP contribution in [0.2, 0.25) is 0 Å². The van der Waals surface area contributed by atoms with E-state index >= 15 is 0 Å². The molecule has 8 heteroatoms. The molecule has 3 rings (SSSR count). The fourth-order valence-corrected chi connectivity index (χ4v) is 5.41. The lowest BCUT2D eigenvalue weighted by atomic mass is 10.2. The second-order valence-electron chi connectivity index (χ2n) is 6.47. The number of carbonyl (C=O) groups is 1. The molecule has 0 saturated heterocycles. The lowest BCUT2D eigenvalue weighted by Crippen LogP contribution is -2.14. The number of carbonyl (C=O) groups excluding carboxylic acids is 1. The van der Waals surface area contributed by atoms with E-state index in [2.05, 4.69) is 4.99 Å². The van der Waals surface area contributed by atoms with Crippen molar-refractivity contribution in [1.82, 2.24) is 4.57 Å². The van der Waals surface area contributed by atoms with Crippen molar-refractivity contribution in [1.29, 1.82) is 0 Å². The van der Waals surface area contributed by atoms with Crippen LogP contribution in [0.15, 0.2) is 52.4 Å². The Hall–Kier alpha value is -2.45. The standard InChI is InChI=1S/C20H22N2O4S2/c1-14-6-4-7-17-19(14)22(2)20(27-17)21-18(23)8-5-13-28(24,25)16-11-9-15(26-3)10-12-16/h4,6-7,9-12H,5,8,13H2,1-3H3. The number of fused-ring (bicyclic) bond motifs is 1. The summed E-state index contributed by atoms with van der Waals surface area (Å²) >= 11 is 1.45. The Bertz CT molecular complexity index is 1170. The molecule has 0 saturated carbocycles. The lowest BCUT2D eigenvalue weighted by molar-refractivity contribution is -0.118. The Balaban J connectivity index is 1.68. The van der Waals surface area contributed by atoms with Crippen molar-refractivity contribution < 1.29 is 17.9 Å². The number of amides is 1. The average molecular weight is 419 g/mol. The van der Waals surface area contributed by atoms with Crippen LogP contribution in [0, 0.1) is 6.92 Å². The first kappa shape index (κ1) is 20.3. The molecule has 0 atom stereocenters. The molecule has 28 heavy (non-hydrogen) atoms. The zero-order chi connectivity index (χ0) is 20.3. The molecule has 0 unspecified atom stereocenters. The van der Waals surface area contributed by atoms with Gasteiger partial charge >= 0.3 is 0 Å². The molecule has 1 aromatic heterocycles. The highest BCUT2D eigenvalue weighted by molar-refractivity contribution is 7.91. The van der Waals surface area contributed by atoms with E-state index in [4.69, 9.17) is 4.74 Å². The van der Waals surface area contributed by atoms with E-state index in [-0.39, 0.29) is 29.4 Å². The number of thiazole rings is 1. The van der Waals surface area contributed by atoms with Crippen molar-refractivity contribution >= 4 is 37.3 Å². The van der Waals surface area contributed by atoms with Gasteiger partial charge in [-0.15, -0.1) is 0 Å². The molecule has 3 aromatic rings. The number of sulfone groups is 1. The number of benzene rings is 2. The van der Waals surface area contributed by atoms with Crippen molar-refractivity contribution in [3.63, 3.8) is 0 Å². The summed E-state index contributed by atoms with van der Waals surface area (Å²) < 4.78 is 32.8. The molecule has 0 aliphatic carbocycles. The number of para-hydroxylation sites is 1. The molecule has 0 N–H and O–H groups in total. The van der Waals surface area contributed by atoms with E-state index in [0.717, 1.165) is 15.8 Å². The van der Waals surface area contributed by atoms with Crippen molar-refractivity contribution in [3.05, 3.63) is 52.8 Å². The third kappa shape index (κ3) is 4.34. The largest absolute Gasteiger partial charge is 0.497 e. The van der Waals surface area contributed by atoms with E-state index in [1.165, 1.54) is 30.6 Å². The van der Waals surface area contributed by atoms with Crippen molar-refractivity contribution in [2.45, 2.75) is 24.7 Å². The fraction of sp³-hybridized carbons (Fsp3) is 0.300. The first-order valence-electron chi connectivity index (χ1n) is 8.81. The highest BCUT2D eigenvalue weighted by Gasteiger charge is 2.15. The maximum Gasteiger partial charge on any atom is 0.248 e. The predicted molar refractivity (Wildman–Crippen MR) is 110 cm³/mol. The van der Waals surface area contributed by atoms with Gasteiger partial charge in [-0.05, 0) is 49.2 Å². The molecule has 2 aromatic carbocycles. The topological polar surface area (TPSA) is 77.7 Å². The number of ether oxygens (including phenoxy) is 1. The summed E-state index contributed by atoms with van der Waals surface area (Å²) in [6.07, 6.45) is 0.312. The van der Waals surface area contributed by atoms with Crippen LogP contribution in [-0.4, -0.2) is 31.8 Å². The minimum absolute atomic E-state index is 0.0859. The summed E-state index contributed by atoms with van der Waals surface area (Å²) in [6, 6.07) is 12.2. The van der Waals surface area contributed by atoms with E-state index < -0.39 is 9.84 Å². The Morgan fingerprint density at radius 1 is 1.18 bits per heavy atom. The SMILES string of the molecule is COc1ccc(S(=O)(=O)CCCC(=O)N=c2sc3cccc(C)c3n2C)cc1. The minimum Gasteiger partial charge on any atom is -0.497 e. The second kappa shape index (κ2) is 8.28. The first-order chi connectivity index (χ1) is 13.3. The molecule has 1 amide bonds. The van der Waals surface area contributed by atoms with E-state index in [1.807, 2.05) is 36.7 Å². The van der Waals surface area contributed by atoms with Gasteiger partial charge < -0.3 is 9.30 Å². The first-order valence-corrected chi connectivity index (χ1v) is 11.3. The van der Waals surface area contributed by atoms with Crippen LogP contribution in [0.1, 0.15) is 18.4 Å². The number of hydrogen-bond acceptors (Lipinski definition) is 5. The molecule has 0 aliphatic rings. The van der Waals surface area contributed by atoms with E-state index in [1.54, 1.807) is 12.1 Å². The highest BCUT2D eigenvalue weighted by atomic mass is 32.2. The van der Waals surface area contributed by atoms with Gasteiger partial charge in [-0.25, -0.2) is 8.42 Å². The molecular formula is C20H22N2O4S2. The van der Waals surface area contributed by atoms with Crippen LogP contribution in [0.5, 0.6) is 5.75 Å². The third-order valence-corrected chi connectivity index (χ3v) is 7.38. The summed E-state index contributed by atoms with van der Waals surface area (Å²) in [5.74, 6) is 0.183. The molecular weight excluding hydrogens is 396 g/mol. The van der Waals surface area contributed by atoms with Crippen LogP contribution in [0.4, 0.5) is 0 Å².